The topological polar surface area (TPSA) is 47.3 Å². The highest BCUT2D eigenvalue weighted by atomic mass is 32.1. The lowest BCUT2D eigenvalue weighted by atomic mass is 10.0. The fourth-order valence-electron chi connectivity index (χ4n) is 8.47. The predicted octanol–water partition coefficient (Wildman–Crippen LogP) is 14.3. The average molecular weight is 724 g/mol. The summed E-state index contributed by atoms with van der Waals surface area (Å²) < 4.78 is 18.5. The Morgan fingerprint density at radius 1 is 0.491 bits per heavy atom. The number of nitrogens with zero attached hydrogens (tertiary/aromatic N) is 3. The highest BCUT2D eigenvalue weighted by Gasteiger charge is 2.28. The summed E-state index contributed by atoms with van der Waals surface area (Å²) in [6.07, 6.45) is 0. The number of para-hydroxylation sites is 3. The molecule has 0 saturated heterocycles. The van der Waals surface area contributed by atoms with E-state index in [0.29, 0.717) is 11.5 Å². The van der Waals surface area contributed by atoms with E-state index in [1.165, 1.54) is 25.6 Å². The number of fused-ring (bicyclic) bond motifs is 11. The summed E-state index contributed by atoms with van der Waals surface area (Å²) in [5.41, 5.74) is 10.3. The summed E-state index contributed by atoms with van der Waals surface area (Å²) in [7, 11) is 0. The minimum absolute atomic E-state index is 0.575. The van der Waals surface area contributed by atoms with Crippen LogP contribution in [0.1, 0.15) is 0 Å². The van der Waals surface area contributed by atoms with Gasteiger partial charge in [0, 0.05) is 48.9 Å². The Bertz CT molecular complexity index is 3450. The molecule has 0 atom stereocenters. The van der Waals surface area contributed by atoms with Crippen molar-refractivity contribution in [3.63, 3.8) is 0 Å². The van der Waals surface area contributed by atoms with Crippen molar-refractivity contribution in [1.82, 2.24) is 9.55 Å². The van der Waals surface area contributed by atoms with Crippen LogP contribution < -0.4 is 4.90 Å². The lowest BCUT2D eigenvalue weighted by Gasteiger charge is -2.27. The summed E-state index contributed by atoms with van der Waals surface area (Å²) in [6.45, 7) is 0. The molecule has 12 rings (SSSR count). The van der Waals surface area contributed by atoms with Crippen LogP contribution in [0.2, 0.25) is 0 Å². The maximum atomic E-state index is 6.95. The highest BCUT2D eigenvalue weighted by Crippen LogP contribution is 2.52. The first kappa shape index (κ1) is 30.3. The summed E-state index contributed by atoms with van der Waals surface area (Å²) in [6, 6.07) is 61.8. The van der Waals surface area contributed by atoms with Crippen LogP contribution in [0.25, 0.3) is 92.2 Å². The number of oxazole rings is 1. The van der Waals surface area contributed by atoms with Crippen molar-refractivity contribution in [2.45, 2.75) is 0 Å². The molecule has 55 heavy (non-hydrogen) atoms. The molecule has 0 N–H and O–H groups in total. The van der Waals surface area contributed by atoms with Gasteiger partial charge < -0.3 is 18.3 Å². The first-order valence-electron chi connectivity index (χ1n) is 18.4. The third kappa shape index (κ3) is 4.43. The predicted molar refractivity (Wildman–Crippen MR) is 229 cm³/mol. The number of rotatable bonds is 5. The zero-order valence-electron chi connectivity index (χ0n) is 29.3. The van der Waals surface area contributed by atoms with Gasteiger partial charge in [-0.25, -0.2) is 4.98 Å². The van der Waals surface area contributed by atoms with Gasteiger partial charge in [-0.1, -0.05) is 109 Å². The number of benzene rings is 8. The van der Waals surface area contributed by atoms with E-state index in [4.69, 9.17) is 13.8 Å². The van der Waals surface area contributed by atoms with Gasteiger partial charge in [0.05, 0.1) is 38.2 Å². The molecule has 0 amide bonds. The Balaban J connectivity index is 1.25. The van der Waals surface area contributed by atoms with E-state index < -0.39 is 0 Å². The van der Waals surface area contributed by atoms with Crippen molar-refractivity contribution >= 4 is 103 Å². The summed E-state index contributed by atoms with van der Waals surface area (Å²) >= 11 is 1.82. The third-order valence-electron chi connectivity index (χ3n) is 10.8. The quantitative estimate of drug-likeness (QED) is 0.177. The van der Waals surface area contributed by atoms with Crippen LogP contribution in [-0.4, -0.2) is 9.55 Å². The largest absolute Gasteiger partial charge is 0.454 e. The molecule has 258 valence electrons. The van der Waals surface area contributed by atoms with Gasteiger partial charge in [-0.05, 0) is 60.7 Å². The Hall–Kier alpha value is -7.15. The first-order chi connectivity index (χ1) is 27.3. The summed E-state index contributed by atoms with van der Waals surface area (Å²) in [5.74, 6) is 0.575. The Morgan fingerprint density at radius 3 is 2.04 bits per heavy atom. The molecule has 0 aliphatic heterocycles. The smallest absolute Gasteiger partial charge is 0.227 e. The molecule has 6 heteroatoms. The van der Waals surface area contributed by atoms with Crippen molar-refractivity contribution < 1.29 is 8.83 Å². The van der Waals surface area contributed by atoms with Crippen LogP contribution in [0.15, 0.2) is 185 Å². The van der Waals surface area contributed by atoms with Gasteiger partial charge in [0.2, 0.25) is 5.89 Å². The molecule has 4 heterocycles. The van der Waals surface area contributed by atoms with E-state index in [1.807, 2.05) is 53.8 Å². The molecule has 8 aromatic carbocycles. The van der Waals surface area contributed by atoms with E-state index in [9.17, 15) is 0 Å². The number of furan rings is 1. The van der Waals surface area contributed by atoms with Gasteiger partial charge >= 0.3 is 0 Å². The minimum Gasteiger partial charge on any atom is -0.454 e. The minimum atomic E-state index is 0.575. The van der Waals surface area contributed by atoms with E-state index in [2.05, 4.69) is 143 Å². The molecule has 0 fully saturated rings. The van der Waals surface area contributed by atoms with Gasteiger partial charge in [-0.3, -0.25) is 0 Å². The number of thiophene rings is 1. The molecule has 0 saturated carbocycles. The second kappa shape index (κ2) is 11.7. The fraction of sp³-hybridized carbons (Fsp3) is 0. The standard InChI is InChI=1S/C49H29N3O2S/c1-3-15-30(16-4-1)49-50-46-42(54-49)29-40(47-45(46)35-21-8-11-27-41(35)53-47)52(39-26-13-22-33-32-19-9-12-28-43(32)55-48(33)39)38-25-14-24-37-44(38)34-20-7-10-23-36(34)51(37)31-17-5-2-6-18-31/h1-29H. The van der Waals surface area contributed by atoms with E-state index >= 15 is 0 Å². The lowest BCUT2D eigenvalue weighted by molar-refractivity contribution is 0.619. The van der Waals surface area contributed by atoms with E-state index in [0.717, 1.165) is 72.2 Å². The maximum Gasteiger partial charge on any atom is 0.227 e. The Kier molecular flexibility index (Phi) is 6.44. The van der Waals surface area contributed by atoms with E-state index in [-0.39, 0.29) is 0 Å². The SMILES string of the molecule is c1ccc(-c2nc3c(cc(N(c4cccc5c4sc4ccccc45)c4cccc5c4c4ccccc4n5-c4ccccc4)c4oc5ccccc5c43)o2)cc1. The second-order valence-electron chi connectivity index (χ2n) is 13.9. The third-order valence-corrected chi connectivity index (χ3v) is 12.0. The average Bonchev–Trinajstić information content (AvgIpc) is 4.02. The van der Waals surface area contributed by atoms with Crippen LogP contribution in [0.5, 0.6) is 0 Å². The number of hydrogen-bond acceptors (Lipinski definition) is 5. The van der Waals surface area contributed by atoms with Gasteiger partial charge in [0.15, 0.2) is 11.2 Å². The Morgan fingerprint density at radius 2 is 1.16 bits per heavy atom. The molecule has 0 unspecified atom stereocenters. The number of anilines is 3. The van der Waals surface area contributed by atoms with Crippen molar-refractivity contribution in [3.05, 3.63) is 176 Å². The van der Waals surface area contributed by atoms with Crippen molar-refractivity contribution in [2.24, 2.45) is 0 Å². The monoisotopic (exact) mass is 723 g/mol. The first-order valence-corrected chi connectivity index (χ1v) is 19.2. The lowest BCUT2D eigenvalue weighted by Crippen LogP contribution is -2.11. The van der Waals surface area contributed by atoms with Crippen molar-refractivity contribution in [3.8, 4) is 17.1 Å². The van der Waals surface area contributed by atoms with Crippen molar-refractivity contribution in [1.29, 1.82) is 0 Å². The van der Waals surface area contributed by atoms with E-state index in [1.54, 1.807) is 0 Å². The van der Waals surface area contributed by atoms with Crippen LogP contribution in [0, 0.1) is 0 Å². The molecular formula is C49H29N3O2S. The molecule has 0 bridgehead atoms. The van der Waals surface area contributed by atoms with Gasteiger partial charge in [0.1, 0.15) is 11.1 Å². The number of hydrogen-bond donors (Lipinski definition) is 0. The molecule has 4 aromatic heterocycles. The fourth-order valence-corrected chi connectivity index (χ4v) is 9.68. The second-order valence-corrected chi connectivity index (χ2v) is 14.9. The van der Waals surface area contributed by atoms with Crippen LogP contribution >= 0.6 is 11.3 Å². The van der Waals surface area contributed by atoms with Gasteiger partial charge in [-0.2, -0.15) is 0 Å². The highest BCUT2D eigenvalue weighted by molar-refractivity contribution is 7.26. The molecule has 0 radical (unpaired) electrons. The summed E-state index contributed by atoms with van der Waals surface area (Å²) in [5, 5.41) is 6.70. The maximum absolute atomic E-state index is 6.95. The van der Waals surface area contributed by atoms with Crippen LogP contribution in [0.4, 0.5) is 17.1 Å². The number of aromatic nitrogens is 2. The van der Waals surface area contributed by atoms with Crippen LogP contribution in [0.3, 0.4) is 0 Å². The molecule has 5 nitrogen and oxygen atoms in total. The zero-order chi connectivity index (χ0) is 36.0. The molecule has 0 aliphatic rings. The molecular weight excluding hydrogens is 695 g/mol. The van der Waals surface area contributed by atoms with Gasteiger partial charge in [0.25, 0.3) is 0 Å². The van der Waals surface area contributed by atoms with Crippen LogP contribution in [-0.2, 0) is 0 Å². The zero-order valence-corrected chi connectivity index (χ0v) is 30.1. The Labute approximate surface area is 318 Å². The molecule has 0 aliphatic carbocycles. The summed E-state index contributed by atoms with van der Waals surface area (Å²) in [4.78, 5) is 7.54. The normalized spacial score (nSPS) is 12.0. The molecule has 0 spiro atoms. The van der Waals surface area contributed by atoms with Gasteiger partial charge in [-0.15, -0.1) is 11.3 Å². The van der Waals surface area contributed by atoms with Crippen molar-refractivity contribution in [2.75, 3.05) is 4.90 Å². The molecule has 12 aromatic rings.